The molecule has 0 spiro atoms. The van der Waals surface area contributed by atoms with Crippen molar-refractivity contribution in [1.82, 2.24) is 0 Å². The molecule has 0 unspecified atom stereocenters. The third-order valence-electron chi connectivity index (χ3n) is 3.50. The van der Waals surface area contributed by atoms with Crippen molar-refractivity contribution >= 4 is 5.91 Å². The highest BCUT2D eigenvalue weighted by Crippen LogP contribution is 2.25. The summed E-state index contributed by atoms with van der Waals surface area (Å²) in [4.78, 5) is 11.8. The quantitative estimate of drug-likeness (QED) is 0.880. The molecule has 0 saturated heterocycles. The first-order chi connectivity index (χ1) is 10.5. The molecule has 0 aliphatic heterocycles. The number of carbonyl (C=O) groups is 1. The van der Waals surface area contributed by atoms with E-state index < -0.39 is 5.91 Å². The summed E-state index contributed by atoms with van der Waals surface area (Å²) >= 11 is 0. The van der Waals surface area contributed by atoms with Crippen LogP contribution in [0.1, 0.15) is 40.9 Å². The summed E-state index contributed by atoms with van der Waals surface area (Å²) < 4.78 is 5.85. The second kappa shape index (κ2) is 7.12. The van der Waals surface area contributed by atoms with Crippen LogP contribution in [0.15, 0.2) is 42.5 Å². The summed E-state index contributed by atoms with van der Waals surface area (Å²) in [5, 5.41) is 0. The number of aryl methyl sites for hydroxylation is 1. The predicted octanol–water partition coefficient (Wildman–Crippen LogP) is 3.87. The minimum absolute atomic E-state index is 0.422. The summed E-state index contributed by atoms with van der Waals surface area (Å²) in [7, 11) is 0. The number of ether oxygens (including phenoxy) is 1. The van der Waals surface area contributed by atoms with Crippen LogP contribution in [0, 0.1) is 12.8 Å². The molecule has 116 valence electrons. The Morgan fingerprint density at radius 1 is 1.14 bits per heavy atom. The fraction of sp³-hybridized carbons (Fsp3) is 0.316. The fourth-order valence-corrected chi connectivity index (χ4v) is 2.43. The van der Waals surface area contributed by atoms with E-state index in [2.05, 4.69) is 13.8 Å². The standard InChI is InChI=1S/C19H23NO2/c1-13(2)11-16-5-4-6-17(18(16)19(20)21)22-12-15-9-7-14(3)8-10-15/h4-10,13H,11-12H2,1-3H3,(H2,20,21). The van der Waals surface area contributed by atoms with Crippen LogP contribution in [0.4, 0.5) is 0 Å². The average molecular weight is 297 g/mol. The van der Waals surface area contributed by atoms with Crippen molar-refractivity contribution in [2.24, 2.45) is 11.7 Å². The molecule has 2 aromatic carbocycles. The predicted molar refractivity (Wildman–Crippen MR) is 89.0 cm³/mol. The van der Waals surface area contributed by atoms with Crippen LogP contribution in [0.25, 0.3) is 0 Å². The van der Waals surface area contributed by atoms with Gasteiger partial charge in [0.1, 0.15) is 12.4 Å². The van der Waals surface area contributed by atoms with Gasteiger partial charge in [0.2, 0.25) is 0 Å². The fourth-order valence-electron chi connectivity index (χ4n) is 2.43. The molecule has 2 rings (SSSR count). The van der Waals surface area contributed by atoms with Crippen molar-refractivity contribution < 1.29 is 9.53 Å². The van der Waals surface area contributed by atoms with Crippen molar-refractivity contribution in [3.05, 3.63) is 64.7 Å². The molecular formula is C19H23NO2. The van der Waals surface area contributed by atoms with Crippen molar-refractivity contribution in [2.45, 2.75) is 33.8 Å². The van der Waals surface area contributed by atoms with Crippen LogP contribution in [-0.4, -0.2) is 5.91 Å². The number of primary amides is 1. The highest BCUT2D eigenvalue weighted by molar-refractivity contribution is 5.97. The Balaban J connectivity index is 2.22. The Labute approximate surface area is 132 Å². The maximum Gasteiger partial charge on any atom is 0.252 e. The van der Waals surface area contributed by atoms with Crippen molar-refractivity contribution in [2.75, 3.05) is 0 Å². The van der Waals surface area contributed by atoms with Crippen molar-refractivity contribution in [1.29, 1.82) is 0 Å². The molecule has 0 radical (unpaired) electrons. The van der Waals surface area contributed by atoms with E-state index >= 15 is 0 Å². The summed E-state index contributed by atoms with van der Waals surface area (Å²) in [6.07, 6.45) is 0.806. The molecule has 1 amide bonds. The minimum atomic E-state index is -0.435. The largest absolute Gasteiger partial charge is 0.488 e. The van der Waals surface area contributed by atoms with Crippen LogP contribution in [0.5, 0.6) is 5.75 Å². The molecule has 0 heterocycles. The highest BCUT2D eigenvalue weighted by atomic mass is 16.5. The van der Waals surface area contributed by atoms with Gasteiger partial charge in [-0.05, 0) is 36.5 Å². The van der Waals surface area contributed by atoms with E-state index in [9.17, 15) is 4.79 Å². The molecule has 22 heavy (non-hydrogen) atoms. The molecule has 2 N–H and O–H groups in total. The van der Waals surface area contributed by atoms with Crippen LogP contribution in [-0.2, 0) is 13.0 Å². The Hall–Kier alpha value is -2.29. The summed E-state index contributed by atoms with van der Waals surface area (Å²) in [6, 6.07) is 13.8. The van der Waals surface area contributed by atoms with Gasteiger partial charge in [-0.15, -0.1) is 0 Å². The maximum atomic E-state index is 11.8. The number of rotatable bonds is 6. The monoisotopic (exact) mass is 297 g/mol. The molecule has 0 aromatic heterocycles. The number of hydrogen-bond donors (Lipinski definition) is 1. The number of amides is 1. The third-order valence-corrected chi connectivity index (χ3v) is 3.50. The number of nitrogens with two attached hydrogens (primary N) is 1. The first-order valence-electron chi connectivity index (χ1n) is 7.57. The molecule has 0 atom stereocenters. The van der Waals surface area contributed by atoms with Gasteiger partial charge in [-0.2, -0.15) is 0 Å². The molecular weight excluding hydrogens is 274 g/mol. The molecule has 0 bridgehead atoms. The van der Waals surface area contributed by atoms with Gasteiger partial charge in [-0.3, -0.25) is 4.79 Å². The Kier molecular flexibility index (Phi) is 5.21. The topological polar surface area (TPSA) is 52.3 Å². The van der Waals surface area contributed by atoms with Gasteiger partial charge in [0.05, 0.1) is 5.56 Å². The molecule has 3 heteroatoms. The first-order valence-corrected chi connectivity index (χ1v) is 7.57. The van der Waals surface area contributed by atoms with Crippen LogP contribution >= 0.6 is 0 Å². The molecule has 0 fully saturated rings. The molecule has 2 aromatic rings. The van der Waals surface area contributed by atoms with Gasteiger partial charge in [-0.25, -0.2) is 0 Å². The number of carbonyl (C=O) groups excluding carboxylic acids is 1. The van der Waals surface area contributed by atoms with Crippen LogP contribution in [0.2, 0.25) is 0 Å². The van der Waals surface area contributed by atoms with Crippen molar-refractivity contribution in [3.63, 3.8) is 0 Å². The van der Waals surface area contributed by atoms with E-state index in [0.717, 1.165) is 17.5 Å². The van der Waals surface area contributed by atoms with Gasteiger partial charge in [-0.1, -0.05) is 55.8 Å². The van der Waals surface area contributed by atoms with E-state index in [-0.39, 0.29) is 0 Å². The zero-order valence-electron chi connectivity index (χ0n) is 13.4. The van der Waals surface area contributed by atoms with Gasteiger partial charge >= 0.3 is 0 Å². The Morgan fingerprint density at radius 3 is 2.41 bits per heavy atom. The van der Waals surface area contributed by atoms with Gasteiger partial charge < -0.3 is 10.5 Å². The maximum absolute atomic E-state index is 11.8. The minimum Gasteiger partial charge on any atom is -0.488 e. The lowest BCUT2D eigenvalue weighted by atomic mass is 9.97. The lowest BCUT2D eigenvalue weighted by molar-refractivity contribution is 0.0995. The van der Waals surface area contributed by atoms with E-state index in [1.54, 1.807) is 6.07 Å². The van der Waals surface area contributed by atoms with Gasteiger partial charge in [0, 0.05) is 0 Å². The lowest BCUT2D eigenvalue weighted by Gasteiger charge is -2.15. The summed E-state index contributed by atoms with van der Waals surface area (Å²) in [5.41, 5.74) is 9.29. The van der Waals surface area contributed by atoms with Gasteiger partial charge in [0.15, 0.2) is 0 Å². The first kappa shape index (κ1) is 16.1. The Bertz CT molecular complexity index is 645. The zero-order chi connectivity index (χ0) is 16.1. The van der Waals surface area contributed by atoms with Crippen molar-refractivity contribution in [3.8, 4) is 5.75 Å². The van der Waals surface area contributed by atoms with E-state index in [0.29, 0.717) is 23.8 Å². The average Bonchev–Trinajstić information content (AvgIpc) is 2.45. The molecule has 0 aliphatic carbocycles. The highest BCUT2D eigenvalue weighted by Gasteiger charge is 2.15. The molecule has 0 saturated carbocycles. The third kappa shape index (κ3) is 4.10. The normalized spacial score (nSPS) is 10.7. The van der Waals surface area contributed by atoms with E-state index in [1.165, 1.54) is 5.56 Å². The number of hydrogen-bond acceptors (Lipinski definition) is 2. The lowest BCUT2D eigenvalue weighted by Crippen LogP contribution is -2.16. The summed E-state index contributed by atoms with van der Waals surface area (Å²) in [5.74, 6) is 0.576. The van der Waals surface area contributed by atoms with Gasteiger partial charge in [0.25, 0.3) is 5.91 Å². The second-order valence-electron chi connectivity index (χ2n) is 6.03. The van der Waals surface area contributed by atoms with Crippen LogP contribution < -0.4 is 10.5 Å². The molecule has 3 nitrogen and oxygen atoms in total. The van der Waals surface area contributed by atoms with Crippen LogP contribution in [0.3, 0.4) is 0 Å². The zero-order valence-corrected chi connectivity index (χ0v) is 13.4. The Morgan fingerprint density at radius 2 is 1.82 bits per heavy atom. The van der Waals surface area contributed by atoms with E-state index in [4.69, 9.17) is 10.5 Å². The molecule has 0 aliphatic rings. The van der Waals surface area contributed by atoms with E-state index in [1.807, 2.05) is 43.3 Å². The summed E-state index contributed by atoms with van der Waals surface area (Å²) in [6.45, 7) is 6.70. The second-order valence-corrected chi connectivity index (χ2v) is 6.03. The smallest absolute Gasteiger partial charge is 0.252 e. The SMILES string of the molecule is Cc1ccc(COc2cccc(CC(C)C)c2C(N)=O)cc1. The number of benzene rings is 2.